The fraction of sp³-hybridized carbons (Fsp3) is 0.579. The van der Waals surface area contributed by atoms with Crippen LogP contribution < -0.4 is 5.32 Å². The molecule has 144 valence electrons. The summed E-state index contributed by atoms with van der Waals surface area (Å²) in [5.41, 5.74) is 1.91. The number of hydrogen-bond donors (Lipinski definition) is 1. The van der Waals surface area contributed by atoms with Crippen molar-refractivity contribution in [3.05, 3.63) is 28.7 Å². The van der Waals surface area contributed by atoms with Gasteiger partial charge in [-0.2, -0.15) is 0 Å². The molecule has 2 aromatic heterocycles. The van der Waals surface area contributed by atoms with E-state index in [9.17, 15) is 4.79 Å². The summed E-state index contributed by atoms with van der Waals surface area (Å²) < 4.78 is 5.38. The third-order valence-electron chi connectivity index (χ3n) is 5.16. The van der Waals surface area contributed by atoms with E-state index in [1.54, 1.807) is 11.3 Å². The van der Waals surface area contributed by atoms with Crippen molar-refractivity contribution in [3.8, 4) is 0 Å². The first kappa shape index (κ1) is 18.3. The minimum atomic E-state index is 0.112. The number of nitrogens with zero attached hydrogens (tertiary/aromatic N) is 4. The van der Waals surface area contributed by atoms with Gasteiger partial charge in [0.25, 0.3) is 0 Å². The summed E-state index contributed by atoms with van der Waals surface area (Å²) in [4.78, 5) is 28.5. The van der Waals surface area contributed by atoms with Crippen molar-refractivity contribution in [1.82, 2.24) is 19.9 Å². The van der Waals surface area contributed by atoms with Crippen molar-refractivity contribution in [2.24, 2.45) is 5.92 Å². The molecule has 1 atom stereocenters. The van der Waals surface area contributed by atoms with Crippen LogP contribution in [0.2, 0.25) is 0 Å². The van der Waals surface area contributed by atoms with Crippen LogP contribution in [-0.2, 0) is 9.53 Å². The van der Waals surface area contributed by atoms with Crippen molar-refractivity contribution in [1.29, 1.82) is 0 Å². The lowest BCUT2D eigenvalue weighted by atomic mass is 9.99. The first-order valence-electron chi connectivity index (χ1n) is 9.50. The summed E-state index contributed by atoms with van der Waals surface area (Å²) in [5.74, 6) is 2.15. The molecule has 0 spiro atoms. The van der Waals surface area contributed by atoms with Gasteiger partial charge >= 0.3 is 0 Å². The normalized spacial score (nSPS) is 20.8. The van der Waals surface area contributed by atoms with Gasteiger partial charge in [0, 0.05) is 55.3 Å². The highest BCUT2D eigenvalue weighted by atomic mass is 32.1. The Kier molecular flexibility index (Phi) is 5.36. The molecule has 0 aromatic carbocycles. The average molecular weight is 388 g/mol. The van der Waals surface area contributed by atoms with Gasteiger partial charge in [-0.3, -0.25) is 4.79 Å². The molecule has 2 aromatic rings. The van der Waals surface area contributed by atoms with Crippen molar-refractivity contribution < 1.29 is 9.53 Å². The summed E-state index contributed by atoms with van der Waals surface area (Å²) in [5, 5.41) is 6.12. The molecule has 2 saturated heterocycles. The quantitative estimate of drug-likeness (QED) is 0.869. The van der Waals surface area contributed by atoms with Crippen molar-refractivity contribution in [3.63, 3.8) is 0 Å². The monoisotopic (exact) mass is 387 g/mol. The van der Waals surface area contributed by atoms with Crippen molar-refractivity contribution >= 4 is 28.2 Å². The second kappa shape index (κ2) is 7.90. The fourth-order valence-electron chi connectivity index (χ4n) is 3.73. The molecule has 2 fully saturated rings. The highest BCUT2D eigenvalue weighted by Crippen LogP contribution is 2.29. The predicted molar refractivity (Wildman–Crippen MR) is 104 cm³/mol. The van der Waals surface area contributed by atoms with E-state index in [0.717, 1.165) is 54.0 Å². The lowest BCUT2D eigenvalue weighted by molar-refractivity contribution is -0.137. The Morgan fingerprint density at radius 1 is 1.19 bits per heavy atom. The van der Waals surface area contributed by atoms with Crippen LogP contribution in [0, 0.1) is 19.8 Å². The first-order chi connectivity index (χ1) is 13.1. The van der Waals surface area contributed by atoms with E-state index in [0.29, 0.717) is 19.8 Å². The van der Waals surface area contributed by atoms with Crippen LogP contribution in [0.5, 0.6) is 0 Å². The molecule has 8 heteroatoms. The molecule has 27 heavy (non-hydrogen) atoms. The number of hydrogen-bond acceptors (Lipinski definition) is 7. The van der Waals surface area contributed by atoms with Gasteiger partial charge in [-0.1, -0.05) is 0 Å². The van der Waals surface area contributed by atoms with Gasteiger partial charge in [0.2, 0.25) is 5.91 Å². The number of thiazole rings is 1. The zero-order chi connectivity index (χ0) is 18.8. The van der Waals surface area contributed by atoms with Gasteiger partial charge in [0.1, 0.15) is 11.6 Å². The molecule has 1 amide bonds. The highest BCUT2D eigenvalue weighted by molar-refractivity contribution is 7.13. The molecule has 0 bridgehead atoms. The van der Waals surface area contributed by atoms with E-state index in [-0.39, 0.29) is 17.7 Å². The highest BCUT2D eigenvalue weighted by Gasteiger charge is 2.33. The van der Waals surface area contributed by atoms with Crippen LogP contribution >= 0.6 is 11.3 Å². The van der Waals surface area contributed by atoms with Gasteiger partial charge in [0.15, 0.2) is 5.13 Å². The lowest BCUT2D eigenvalue weighted by Gasteiger charge is -2.26. The largest absolute Gasteiger partial charge is 0.381 e. The molecule has 0 radical (unpaired) electrons. The van der Waals surface area contributed by atoms with E-state index in [4.69, 9.17) is 9.72 Å². The van der Waals surface area contributed by atoms with Gasteiger partial charge in [-0.15, -0.1) is 11.3 Å². The summed E-state index contributed by atoms with van der Waals surface area (Å²) in [6.07, 6.45) is 2.58. The number of amides is 1. The summed E-state index contributed by atoms with van der Waals surface area (Å²) in [6, 6.07) is 1.93. The standard InChI is InChI=1S/C19H25N5O2S/c1-12-9-16(23-19-21-13(2)11-27-19)22-17(20-12)15-3-6-24(10-15)18(25)14-4-7-26-8-5-14/h9,11,14-15H,3-8,10H2,1-2H3,(H,20,21,22,23)/t15-/m1/s1. The second-order valence-electron chi connectivity index (χ2n) is 7.33. The molecule has 0 unspecified atom stereocenters. The van der Waals surface area contributed by atoms with Crippen LogP contribution in [-0.4, -0.2) is 52.1 Å². The predicted octanol–water partition coefficient (Wildman–Crippen LogP) is 3.04. The van der Waals surface area contributed by atoms with E-state index >= 15 is 0 Å². The Bertz CT molecular complexity index is 818. The topological polar surface area (TPSA) is 80.2 Å². The van der Waals surface area contributed by atoms with E-state index in [1.165, 1.54) is 0 Å². The summed E-state index contributed by atoms with van der Waals surface area (Å²) in [6.45, 7) is 6.83. The minimum Gasteiger partial charge on any atom is -0.381 e. The molecule has 2 aliphatic rings. The molecular formula is C19H25N5O2S. The zero-order valence-corrected chi connectivity index (χ0v) is 16.6. The van der Waals surface area contributed by atoms with Crippen LogP contribution in [0.25, 0.3) is 0 Å². The molecule has 0 saturated carbocycles. The molecule has 0 aliphatic carbocycles. The summed E-state index contributed by atoms with van der Waals surface area (Å²) >= 11 is 1.56. The van der Waals surface area contributed by atoms with E-state index in [1.807, 2.05) is 30.2 Å². The number of likely N-dealkylation sites (tertiary alicyclic amines) is 1. The number of rotatable bonds is 4. The van der Waals surface area contributed by atoms with Gasteiger partial charge in [0.05, 0.1) is 5.69 Å². The Hall–Kier alpha value is -2.06. The third-order valence-corrected chi connectivity index (χ3v) is 6.04. The van der Waals surface area contributed by atoms with E-state index in [2.05, 4.69) is 15.3 Å². The molecule has 2 aliphatic heterocycles. The van der Waals surface area contributed by atoms with Crippen LogP contribution in [0.15, 0.2) is 11.4 Å². The van der Waals surface area contributed by atoms with Crippen LogP contribution in [0.4, 0.5) is 10.9 Å². The van der Waals surface area contributed by atoms with Crippen molar-refractivity contribution in [2.45, 2.75) is 39.0 Å². The summed E-state index contributed by atoms with van der Waals surface area (Å²) in [7, 11) is 0. The molecule has 7 nitrogen and oxygen atoms in total. The third kappa shape index (κ3) is 4.27. The number of carbonyl (C=O) groups excluding carboxylic acids is 1. The van der Waals surface area contributed by atoms with Gasteiger partial charge < -0.3 is 15.0 Å². The first-order valence-corrected chi connectivity index (χ1v) is 10.4. The lowest BCUT2D eigenvalue weighted by Crippen LogP contribution is -2.37. The maximum Gasteiger partial charge on any atom is 0.225 e. The number of aryl methyl sites for hydroxylation is 2. The van der Waals surface area contributed by atoms with Gasteiger partial charge in [-0.25, -0.2) is 15.0 Å². The number of carbonyl (C=O) groups is 1. The Morgan fingerprint density at radius 2 is 2.00 bits per heavy atom. The fourth-order valence-corrected chi connectivity index (χ4v) is 4.43. The second-order valence-corrected chi connectivity index (χ2v) is 8.19. The maximum absolute atomic E-state index is 12.8. The van der Waals surface area contributed by atoms with Crippen LogP contribution in [0.3, 0.4) is 0 Å². The minimum absolute atomic E-state index is 0.112. The molecule has 4 heterocycles. The molecule has 4 rings (SSSR count). The van der Waals surface area contributed by atoms with Gasteiger partial charge in [-0.05, 0) is 33.1 Å². The Balaban J connectivity index is 1.44. The van der Waals surface area contributed by atoms with Crippen LogP contribution in [0.1, 0.15) is 42.4 Å². The average Bonchev–Trinajstić information content (AvgIpc) is 3.31. The maximum atomic E-state index is 12.8. The number of aromatic nitrogens is 3. The van der Waals surface area contributed by atoms with Crippen molar-refractivity contribution in [2.75, 3.05) is 31.6 Å². The Morgan fingerprint density at radius 3 is 2.74 bits per heavy atom. The number of ether oxygens (including phenoxy) is 1. The van der Waals surface area contributed by atoms with E-state index < -0.39 is 0 Å². The Labute approximate surface area is 163 Å². The number of nitrogens with one attached hydrogen (secondary N) is 1. The smallest absolute Gasteiger partial charge is 0.225 e. The SMILES string of the molecule is Cc1cc(Nc2nc(C)cs2)nc([C@@H]2CCN(C(=O)C3CCOCC3)C2)n1. The molecule has 1 N–H and O–H groups in total. The molecular weight excluding hydrogens is 362 g/mol. The zero-order valence-electron chi connectivity index (χ0n) is 15.8. The number of anilines is 2.